The third-order valence-electron chi connectivity index (χ3n) is 2.91. The van der Waals surface area contributed by atoms with E-state index in [0.717, 1.165) is 18.5 Å². The molecule has 1 aromatic rings. The van der Waals surface area contributed by atoms with Crippen molar-refractivity contribution in [2.24, 2.45) is 0 Å². The number of nitrogens with two attached hydrogens (primary N) is 1. The van der Waals surface area contributed by atoms with Crippen molar-refractivity contribution in [2.45, 2.75) is 26.4 Å². The lowest BCUT2D eigenvalue weighted by Gasteiger charge is -2.12. The predicted molar refractivity (Wildman–Crippen MR) is 91.8 cm³/mol. The minimum absolute atomic E-state index is 0.0802. The normalized spacial score (nSPS) is 11.4. The minimum atomic E-state index is -0.0974. The number of amides is 1. The van der Waals surface area contributed by atoms with Gasteiger partial charge in [0.2, 0.25) is 5.91 Å². The Kier molecular flexibility index (Phi) is 7.46. The van der Waals surface area contributed by atoms with Gasteiger partial charge in [0, 0.05) is 12.6 Å². The fraction of sp³-hybridized carbons (Fsp3) is 0.471. The van der Waals surface area contributed by atoms with Crippen LogP contribution in [-0.4, -0.2) is 44.1 Å². The third kappa shape index (κ3) is 7.13. The molecule has 0 saturated carbocycles. The molecule has 5 nitrogen and oxygen atoms in total. The van der Waals surface area contributed by atoms with Crippen LogP contribution in [0.2, 0.25) is 0 Å². The van der Waals surface area contributed by atoms with Crippen LogP contribution >= 0.6 is 0 Å². The lowest BCUT2D eigenvalue weighted by atomic mass is 10.1. The zero-order chi connectivity index (χ0) is 16.5. The maximum atomic E-state index is 11.7. The van der Waals surface area contributed by atoms with Crippen molar-refractivity contribution in [2.75, 3.05) is 32.9 Å². The summed E-state index contributed by atoms with van der Waals surface area (Å²) < 4.78 is 5.58. The fourth-order valence-electron chi connectivity index (χ4n) is 1.87. The smallest absolute Gasteiger partial charge is 0.243 e. The van der Waals surface area contributed by atoms with E-state index in [-0.39, 0.29) is 12.0 Å². The number of hydrogen-bond donors (Lipinski definition) is 2. The Balaban J connectivity index is 2.48. The summed E-state index contributed by atoms with van der Waals surface area (Å²) in [5, 5.41) is 2.85. The summed E-state index contributed by atoms with van der Waals surface area (Å²) in [4.78, 5) is 13.8. The van der Waals surface area contributed by atoms with Crippen molar-refractivity contribution in [1.82, 2.24) is 10.2 Å². The Labute approximate surface area is 133 Å². The monoisotopic (exact) mass is 305 g/mol. The summed E-state index contributed by atoms with van der Waals surface area (Å²) in [5.41, 5.74) is 7.38. The second-order valence-corrected chi connectivity index (χ2v) is 5.75. The third-order valence-corrected chi connectivity index (χ3v) is 2.91. The molecule has 22 heavy (non-hydrogen) atoms. The topological polar surface area (TPSA) is 67.6 Å². The molecule has 0 unspecified atom stereocenters. The van der Waals surface area contributed by atoms with Gasteiger partial charge in [-0.15, -0.1) is 0 Å². The molecule has 1 aromatic carbocycles. The Bertz CT molecular complexity index is 511. The molecule has 5 heteroatoms. The van der Waals surface area contributed by atoms with E-state index in [1.54, 1.807) is 12.1 Å². The summed E-state index contributed by atoms with van der Waals surface area (Å²) in [6.45, 7) is 5.53. The van der Waals surface area contributed by atoms with Gasteiger partial charge in [-0.05, 0) is 64.7 Å². The van der Waals surface area contributed by atoms with Crippen LogP contribution in [0.5, 0.6) is 5.75 Å². The number of carbonyl (C=O) groups excluding carboxylic acids is 1. The molecule has 0 aliphatic carbocycles. The van der Waals surface area contributed by atoms with Crippen molar-refractivity contribution >= 4 is 17.7 Å². The molecule has 3 N–H and O–H groups in total. The predicted octanol–water partition coefficient (Wildman–Crippen LogP) is 2.14. The minimum Gasteiger partial charge on any atom is -0.489 e. The number of nitrogens with one attached hydrogen (secondary N) is 1. The van der Waals surface area contributed by atoms with E-state index in [2.05, 4.69) is 10.2 Å². The molecule has 0 radical (unpaired) electrons. The Hall–Kier alpha value is -2.01. The SMILES string of the molecule is CC(C)Oc1ccc(/C=C\C(=O)NCCCN(C)C)cc1N. The Morgan fingerprint density at radius 2 is 2.14 bits per heavy atom. The van der Waals surface area contributed by atoms with Crippen molar-refractivity contribution in [3.8, 4) is 5.75 Å². The molecule has 1 rings (SSSR count). The molecule has 0 fully saturated rings. The lowest BCUT2D eigenvalue weighted by molar-refractivity contribution is -0.116. The van der Waals surface area contributed by atoms with Gasteiger partial charge in [0.15, 0.2) is 0 Å². The summed E-state index contributed by atoms with van der Waals surface area (Å²) in [6.07, 6.45) is 4.28. The molecular formula is C17H27N3O2. The van der Waals surface area contributed by atoms with E-state index < -0.39 is 0 Å². The zero-order valence-corrected chi connectivity index (χ0v) is 13.9. The molecule has 0 aliphatic rings. The van der Waals surface area contributed by atoms with E-state index >= 15 is 0 Å². The highest BCUT2D eigenvalue weighted by Gasteiger charge is 2.03. The van der Waals surface area contributed by atoms with Crippen molar-refractivity contribution < 1.29 is 9.53 Å². The van der Waals surface area contributed by atoms with Crippen molar-refractivity contribution in [3.63, 3.8) is 0 Å². The molecule has 1 amide bonds. The number of nitrogen functional groups attached to an aromatic ring is 1. The van der Waals surface area contributed by atoms with Crippen LogP contribution in [0.4, 0.5) is 5.69 Å². The van der Waals surface area contributed by atoms with Crippen molar-refractivity contribution in [1.29, 1.82) is 0 Å². The largest absolute Gasteiger partial charge is 0.489 e. The average molecular weight is 305 g/mol. The summed E-state index contributed by atoms with van der Waals surface area (Å²) in [5.74, 6) is 0.570. The molecule has 0 aliphatic heterocycles. The highest BCUT2D eigenvalue weighted by Crippen LogP contribution is 2.24. The maximum absolute atomic E-state index is 11.7. The molecule has 122 valence electrons. The number of carbonyl (C=O) groups is 1. The van der Waals surface area contributed by atoms with Gasteiger partial charge < -0.3 is 20.7 Å². The molecule has 0 atom stereocenters. The zero-order valence-electron chi connectivity index (χ0n) is 13.9. The molecule has 0 bridgehead atoms. The van der Waals surface area contributed by atoms with Crippen LogP contribution in [0.1, 0.15) is 25.8 Å². The van der Waals surface area contributed by atoms with Crippen molar-refractivity contribution in [3.05, 3.63) is 29.8 Å². The highest BCUT2D eigenvalue weighted by atomic mass is 16.5. The first-order valence-electron chi connectivity index (χ1n) is 7.55. The van der Waals surface area contributed by atoms with Gasteiger partial charge in [0.1, 0.15) is 5.75 Å². The number of ether oxygens (including phenoxy) is 1. The van der Waals surface area contributed by atoms with Gasteiger partial charge in [-0.25, -0.2) is 0 Å². The first-order valence-corrected chi connectivity index (χ1v) is 7.55. The number of hydrogen-bond acceptors (Lipinski definition) is 4. The van der Waals surface area contributed by atoms with E-state index in [1.165, 1.54) is 6.08 Å². The molecule has 0 spiro atoms. The number of nitrogens with zero attached hydrogens (tertiary/aromatic N) is 1. The first-order chi connectivity index (χ1) is 10.4. The second-order valence-electron chi connectivity index (χ2n) is 5.75. The number of benzene rings is 1. The van der Waals surface area contributed by atoms with E-state index in [4.69, 9.17) is 10.5 Å². The first kappa shape index (κ1) is 18.0. The van der Waals surface area contributed by atoms with E-state index in [9.17, 15) is 4.79 Å². The van der Waals surface area contributed by atoms with E-state index in [0.29, 0.717) is 18.0 Å². The standard InChI is InChI=1S/C17H27N3O2/c1-13(2)22-16-8-6-14(12-15(16)18)7-9-17(21)19-10-5-11-20(3)4/h6-9,12-13H,5,10-11,18H2,1-4H3,(H,19,21)/b9-7-. The lowest BCUT2D eigenvalue weighted by Crippen LogP contribution is -2.25. The van der Waals surface area contributed by atoms with Crippen LogP contribution in [0.15, 0.2) is 24.3 Å². The Morgan fingerprint density at radius 1 is 1.41 bits per heavy atom. The number of rotatable bonds is 8. The van der Waals surface area contributed by atoms with E-state index in [1.807, 2.05) is 40.1 Å². The summed E-state index contributed by atoms with van der Waals surface area (Å²) in [7, 11) is 4.03. The molecular weight excluding hydrogens is 278 g/mol. The average Bonchev–Trinajstić information content (AvgIpc) is 2.43. The summed E-state index contributed by atoms with van der Waals surface area (Å²) in [6, 6.07) is 5.50. The van der Waals surface area contributed by atoms with Crippen LogP contribution in [0.25, 0.3) is 6.08 Å². The van der Waals surface area contributed by atoms with Crippen LogP contribution < -0.4 is 15.8 Å². The molecule has 0 saturated heterocycles. The quantitative estimate of drug-likeness (QED) is 0.439. The van der Waals surface area contributed by atoms with Crippen LogP contribution in [-0.2, 0) is 4.79 Å². The van der Waals surface area contributed by atoms with Gasteiger partial charge in [0.25, 0.3) is 0 Å². The van der Waals surface area contributed by atoms with Gasteiger partial charge in [-0.2, -0.15) is 0 Å². The fourth-order valence-corrected chi connectivity index (χ4v) is 1.87. The number of anilines is 1. The highest BCUT2D eigenvalue weighted by molar-refractivity contribution is 5.91. The molecule has 0 heterocycles. The molecule has 0 aromatic heterocycles. The summed E-state index contributed by atoms with van der Waals surface area (Å²) >= 11 is 0. The Morgan fingerprint density at radius 3 is 2.73 bits per heavy atom. The van der Waals surface area contributed by atoms with Gasteiger partial charge in [-0.1, -0.05) is 6.07 Å². The van der Waals surface area contributed by atoms with Crippen LogP contribution in [0.3, 0.4) is 0 Å². The van der Waals surface area contributed by atoms with Gasteiger partial charge in [0.05, 0.1) is 11.8 Å². The van der Waals surface area contributed by atoms with Crippen LogP contribution in [0, 0.1) is 0 Å². The van der Waals surface area contributed by atoms with Gasteiger partial charge >= 0.3 is 0 Å². The maximum Gasteiger partial charge on any atom is 0.243 e. The second kappa shape index (κ2) is 9.10. The van der Waals surface area contributed by atoms with Gasteiger partial charge in [-0.3, -0.25) is 4.79 Å².